The van der Waals surface area contributed by atoms with Crippen molar-refractivity contribution in [3.63, 3.8) is 0 Å². The Bertz CT molecular complexity index is 913. The highest BCUT2D eigenvalue weighted by atomic mass is 16.5. The first-order valence-electron chi connectivity index (χ1n) is 10.0. The minimum atomic E-state index is -0.106. The fraction of sp³-hybridized carbons (Fsp3) is 0.240. The van der Waals surface area contributed by atoms with Crippen LogP contribution in [0, 0.1) is 0 Å². The van der Waals surface area contributed by atoms with Crippen molar-refractivity contribution in [3.05, 3.63) is 89.5 Å². The number of hydrogen-bond acceptors (Lipinski definition) is 5. The third-order valence-electron chi connectivity index (χ3n) is 4.95. The zero-order valence-corrected chi connectivity index (χ0v) is 18.1. The molecule has 31 heavy (non-hydrogen) atoms. The lowest BCUT2D eigenvalue weighted by Gasteiger charge is -2.20. The maximum Gasteiger partial charge on any atom is 0.234 e. The molecule has 6 nitrogen and oxygen atoms in total. The van der Waals surface area contributed by atoms with E-state index in [4.69, 9.17) is 14.2 Å². The molecule has 0 atom stereocenters. The van der Waals surface area contributed by atoms with Crippen molar-refractivity contribution in [1.29, 1.82) is 0 Å². The van der Waals surface area contributed by atoms with Gasteiger partial charge in [0.1, 0.15) is 0 Å². The SMILES string of the molecule is COc1cc(CNC(=O)CNC(c2ccccc2)c2ccccc2)cc(OC)c1OC. The largest absolute Gasteiger partial charge is 0.493 e. The van der Waals surface area contributed by atoms with E-state index >= 15 is 0 Å². The lowest BCUT2D eigenvalue weighted by atomic mass is 9.99. The third-order valence-corrected chi connectivity index (χ3v) is 4.95. The number of carbonyl (C=O) groups is 1. The molecule has 162 valence electrons. The van der Waals surface area contributed by atoms with E-state index in [0.29, 0.717) is 23.8 Å². The van der Waals surface area contributed by atoms with E-state index < -0.39 is 0 Å². The number of rotatable bonds is 10. The van der Waals surface area contributed by atoms with E-state index in [-0.39, 0.29) is 18.5 Å². The van der Waals surface area contributed by atoms with Gasteiger partial charge in [0.05, 0.1) is 33.9 Å². The van der Waals surface area contributed by atoms with Crippen molar-refractivity contribution in [2.24, 2.45) is 0 Å². The Balaban J connectivity index is 1.65. The number of carbonyl (C=O) groups excluding carboxylic acids is 1. The molecule has 0 aliphatic heterocycles. The standard InChI is InChI=1S/C25H28N2O4/c1-29-21-14-18(15-22(30-2)25(21)31-3)16-26-23(28)17-27-24(19-10-6-4-7-11-19)20-12-8-5-9-13-20/h4-15,24,27H,16-17H2,1-3H3,(H,26,28). The van der Waals surface area contributed by atoms with Gasteiger partial charge in [0.15, 0.2) is 11.5 Å². The Morgan fingerprint density at radius 1 is 0.806 bits per heavy atom. The van der Waals surface area contributed by atoms with Crippen LogP contribution in [0.15, 0.2) is 72.8 Å². The summed E-state index contributed by atoms with van der Waals surface area (Å²) in [5, 5.41) is 6.31. The summed E-state index contributed by atoms with van der Waals surface area (Å²) in [6, 6.07) is 23.7. The predicted molar refractivity (Wildman–Crippen MR) is 121 cm³/mol. The molecule has 0 aromatic heterocycles. The molecule has 6 heteroatoms. The van der Waals surface area contributed by atoms with E-state index in [2.05, 4.69) is 34.9 Å². The molecular weight excluding hydrogens is 392 g/mol. The third kappa shape index (κ3) is 5.77. The quantitative estimate of drug-likeness (QED) is 0.523. The van der Waals surface area contributed by atoms with Gasteiger partial charge in [-0.05, 0) is 28.8 Å². The van der Waals surface area contributed by atoms with Gasteiger partial charge in [-0.25, -0.2) is 0 Å². The lowest BCUT2D eigenvalue weighted by Crippen LogP contribution is -2.35. The van der Waals surface area contributed by atoms with Crippen molar-refractivity contribution in [2.75, 3.05) is 27.9 Å². The van der Waals surface area contributed by atoms with Gasteiger partial charge in [-0.3, -0.25) is 10.1 Å². The van der Waals surface area contributed by atoms with E-state index in [1.165, 1.54) is 0 Å². The first-order chi connectivity index (χ1) is 15.2. The summed E-state index contributed by atoms with van der Waals surface area (Å²) in [6.45, 7) is 0.525. The molecule has 0 heterocycles. The summed E-state index contributed by atoms with van der Waals surface area (Å²) >= 11 is 0. The molecule has 0 saturated carbocycles. The highest BCUT2D eigenvalue weighted by Crippen LogP contribution is 2.38. The van der Waals surface area contributed by atoms with E-state index in [1.807, 2.05) is 48.5 Å². The Hall–Kier alpha value is -3.51. The monoisotopic (exact) mass is 420 g/mol. The molecule has 2 N–H and O–H groups in total. The van der Waals surface area contributed by atoms with Crippen LogP contribution in [-0.4, -0.2) is 33.8 Å². The number of methoxy groups -OCH3 is 3. The Labute approximate surface area is 183 Å². The first-order valence-corrected chi connectivity index (χ1v) is 10.0. The second-order valence-electron chi connectivity index (χ2n) is 6.95. The normalized spacial score (nSPS) is 10.6. The zero-order valence-electron chi connectivity index (χ0n) is 18.1. The molecule has 3 rings (SSSR count). The predicted octanol–water partition coefficient (Wildman–Crippen LogP) is 3.71. The van der Waals surface area contributed by atoms with Gasteiger partial charge in [0.2, 0.25) is 11.7 Å². The molecule has 3 aromatic rings. The number of amides is 1. The van der Waals surface area contributed by atoms with Crippen LogP contribution < -0.4 is 24.8 Å². The zero-order chi connectivity index (χ0) is 22.1. The highest BCUT2D eigenvalue weighted by molar-refractivity contribution is 5.78. The molecular formula is C25H28N2O4. The molecule has 0 aliphatic rings. The van der Waals surface area contributed by atoms with Crippen LogP contribution in [0.2, 0.25) is 0 Å². The summed E-state index contributed by atoms with van der Waals surface area (Å²) in [5.41, 5.74) is 3.06. The Morgan fingerprint density at radius 2 is 1.32 bits per heavy atom. The van der Waals surface area contributed by atoms with Crippen LogP contribution in [-0.2, 0) is 11.3 Å². The number of ether oxygens (including phenoxy) is 3. The average molecular weight is 421 g/mol. The summed E-state index contributed by atoms with van der Waals surface area (Å²) < 4.78 is 16.1. The maximum atomic E-state index is 12.6. The molecule has 1 amide bonds. The Morgan fingerprint density at radius 3 is 1.77 bits per heavy atom. The minimum absolute atomic E-state index is 0.0747. The summed E-state index contributed by atoms with van der Waals surface area (Å²) in [4.78, 5) is 12.6. The van der Waals surface area contributed by atoms with Gasteiger partial charge in [-0.2, -0.15) is 0 Å². The maximum absolute atomic E-state index is 12.6. The fourth-order valence-electron chi connectivity index (χ4n) is 3.41. The highest BCUT2D eigenvalue weighted by Gasteiger charge is 2.16. The van der Waals surface area contributed by atoms with Crippen LogP contribution in [0.5, 0.6) is 17.2 Å². The van der Waals surface area contributed by atoms with Gasteiger partial charge in [0, 0.05) is 6.54 Å². The van der Waals surface area contributed by atoms with Crippen molar-refractivity contribution in [3.8, 4) is 17.2 Å². The van der Waals surface area contributed by atoms with Crippen LogP contribution in [0.4, 0.5) is 0 Å². The van der Waals surface area contributed by atoms with Crippen LogP contribution in [0.25, 0.3) is 0 Å². The van der Waals surface area contributed by atoms with Gasteiger partial charge >= 0.3 is 0 Å². The number of benzene rings is 3. The minimum Gasteiger partial charge on any atom is -0.493 e. The first kappa shape index (κ1) is 22.2. The molecule has 0 aliphatic carbocycles. The smallest absolute Gasteiger partial charge is 0.234 e. The lowest BCUT2D eigenvalue weighted by molar-refractivity contribution is -0.120. The van der Waals surface area contributed by atoms with Crippen molar-refractivity contribution < 1.29 is 19.0 Å². The summed E-state index contributed by atoms with van der Waals surface area (Å²) in [6.07, 6.45) is 0. The fourth-order valence-corrected chi connectivity index (χ4v) is 3.41. The van der Waals surface area contributed by atoms with Crippen LogP contribution >= 0.6 is 0 Å². The van der Waals surface area contributed by atoms with Crippen molar-refractivity contribution in [1.82, 2.24) is 10.6 Å². The Kier molecular flexibility index (Phi) is 7.90. The average Bonchev–Trinajstić information content (AvgIpc) is 2.83. The summed E-state index contributed by atoms with van der Waals surface area (Å²) in [5.74, 6) is 1.52. The topological polar surface area (TPSA) is 68.8 Å². The molecule has 0 saturated heterocycles. The van der Waals surface area contributed by atoms with E-state index in [1.54, 1.807) is 21.3 Å². The molecule has 0 unspecified atom stereocenters. The van der Waals surface area contributed by atoms with E-state index in [9.17, 15) is 4.79 Å². The van der Waals surface area contributed by atoms with E-state index in [0.717, 1.165) is 16.7 Å². The number of hydrogen-bond donors (Lipinski definition) is 2. The van der Waals surface area contributed by atoms with Crippen molar-refractivity contribution >= 4 is 5.91 Å². The number of nitrogens with one attached hydrogen (secondary N) is 2. The van der Waals surface area contributed by atoms with Crippen LogP contribution in [0.3, 0.4) is 0 Å². The van der Waals surface area contributed by atoms with Gasteiger partial charge in [-0.15, -0.1) is 0 Å². The molecule has 0 radical (unpaired) electrons. The van der Waals surface area contributed by atoms with Gasteiger partial charge < -0.3 is 19.5 Å². The van der Waals surface area contributed by atoms with Crippen molar-refractivity contribution in [2.45, 2.75) is 12.6 Å². The molecule has 0 bridgehead atoms. The molecule has 0 fully saturated rings. The summed E-state index contributed by atoms with van der Waals surface area (Å²) in [7, 11) is 4.69. The second-order valence-corrected chi connectivity index (χ2v) is 6.95. The van der Waals surface area contributed by atoms with Crippen LogP contribution in [0.1, 0.15) is 22.7 Å². The van der Waals surface area contributed by atoms with Gasteiger partial charge in [0.25, 0.3) is 0 Å². The second kappa shape index (κ2) is 11.0. The molecule has 3 aromatic carbocycles. The molecule has 0 spiro atoms. The van der Waals surface area contributed by atoms with Gasteiger partial charge in [-0.1, -0.05) is 60.7 Å².